The Kier molecular flexibility index (Phi) is 19.4. The molecule has 0 radical (unpaired) electrons. The van der Waals surface area contributed by atoms with Crippen LogP contribution in [0.2, 0.25) is 0 Å². The molecule has 1 rings (SSSR count). The van der Waals surface area contributed by atoms with Gasteiger partial charge >= 0.3 is 11.9 Å². The molecule has 0 bridgehead atoms. The van der Waals surface area contributed by atoms with Crippen LogP contribution in [-0.4, -0.2) is 22.2 Å². The van der Waals surface area contributed by atoms with Gasteiger partial charge in [0.05, 0.1) is 0 Å². The summed E-state index contributed by atoms with van der Waals surface area (Å²) in [5.41, 5.74) is 0. The molecule has 4 unspecified atom stereocenters. The van der Waals surface area contributed by atoms with E-state index in [0.29, 0.717) is 30.6 Å². The largest absolute Gasteiger partial charge is 0.481 e. The van der Waals surface area contributed by atoms with Gasteiger partial charge in [-0.05, 0) is 62.2 Å². The fraction of sp³-hybridized carbons (Fsp3) is 0.812. The number of carboxylic acid groups (broad SMARTS) is 2. The van der Waals surface area contributed by atoms with Crippen LogP contribution in [0.25, 0.3) is 0 Å². The summed E-state index contributed by atoms with van der Waals surface area (Å²) in [5, 5.41) is 17.6. The predicted molar refractivity (Wildman–Crippen MR) is 151 cm³/mol. The Hall–Kier alpha value is -1.58. The lowest BCUT2D eigenvalue weighted by Gasteiger charge is -2.38. The molecule has 0 aromatic carbocycles. The van der Waals surface area contributed by atoms with Crippen molar-refractivity contribution in [1.29, 1.82) is 0 Å². The van der Waals surface area contributed by atoms with Gasteiger partial charge in [-0.1, -0.05) is 115 Å². The molecular weight excluding hydrogens is 448 g/mol. The summed E-state index contributed by atoms with van der Waals surface area (Å²) in [6.45, 7) is 4.66. The lowest BCUT2D eigenvalue weighted by atomic mass is 9.66. The monoisotopic (exact) mass is 504 g/mol. The third-order valence-electron chi connectivity index (χ3n) is 8.05. The molecule has 0 saturated carbocycles. The fourth-order valence-corrected chi connectivity index (χ4v) is 5.93. The van der Waals surface area contributed by atoms with E-state index in [1.165, 1.54) is 70.6 Å². The standard InChI is InChI=1S/C32H56O4/c1-3-5-6-15-20-27-25-26-28(21-16-11-10-14-19-24-32(35)36)30(29(27)4-2)22-17-12-8-7-9-13-18-23-31(33)34/h17,22,25-30H,3-16,18-21,23-24H2,1-2H3,(H,33,34)(H,35,36). The number of hydrogen-bond donors (Lipinski definition) is 2. The van der Waals surface area contributed by atoms with Crippen LogP contribution in [0.5, 0.6) is 0 Å². The van der Waals surface area contributed by atoms with E-state index in [9.17, 15) is 9.59 Å². The van der Waals surface area contributed by atoms with Crippen LogP contribution >= 0.6 is 0 Å². The Morgan fingerprint density at radius 3 is 1.75 bits per heavy atom. The van der Waals surface area contributed by atoms with E-state index in [0.717, 1.165) is 50.9 Å². The Morgan fingerprint density at radius 2 is 1.17 bits per heavy atom. The van der Waals surface area contributed by atoms with E-state index in [2.05, 4.69) is 38.2 Å². The molecular formula is C32H56O4. The molecule has 36 heavy (non-hydrogen) atoms. The first kappa shape index (κ1) is 32.4. The third kappa shape index (κ3) is 15.5. The normalized spacial score (nSPS) is 21.8. The molecule has 4 heteroatoms. The van der Waals surface area contributed by atoms with Crippen molar-refractivity contribution in [2.24, 2.45) is 23.7 Å². The quantitative estimate of drug-likeness (QED) is 0.107. The molecule has 1 aliphatic rings. The number of allylic oxidation sites excluding steroid dienone is 4. The molecule has 2 N–H and O–H groups in total. The molecule has 4 nitrogen and oxygen atoms in total. The zero-order valence-electron chi connectivity index (χ0n) is 23.5. The number of carboxylic acids is 2. The summed E-state index contributed by atoms with van der Waals surface area (Å²) < 4.78 is 0. The summed E-state index contributed by atoms with van der Waals surface area (Å²) in [6.07, 6.45) is 31.8. The van der Waals surface area contributed by atoms with Gasteiger partial charge in [-0.15, -0.1) is 0 Å². The molecule has 0 spiro atoms. The molecule has 0 saturated heterocycles. The van der Waals surface area contributed by atoms with Crippen LogP contribution < -0.4 is 0 Å². The molecule has 0 aliphatic heterocycles. The maximum atomic E-state index is 10.7. The lowest BCUT2D eigenvalue weighted by Crippen LogP contribution is -2.30. The Morgan fingerprint density at radius 1 is 0.667 bits per heavy atom. The first-order valence-corrected chi connectivity index (χ1v) is 15.3. The summed E-state index contributed by atoms with van der Waals surface area (Å²) in [4.78, 5) is 21.3. The van der Waals surface area contributed by atoms with Crippen molar-refractivity contribution in [3.63, 3.8) is 0 Å². The van der Waals surface area contributed by atoms with Crippen molar-refractivity contribution in [1.82, 2.24) is 0 Å². The van der Waals surface area contributed by atoms with E-state index in [-0.39, 0.29) is 0 Å². The van der Waals surface area contributed by atoms with Gasteiger partial charge in [0.2, 0.25) is 0 Å². The number of unbranched alkanes of at least 4 members (excludes halogenated alkanes) is 12. The zero-order chi connectivity index (χ0) is 26.4. The first-order valence-electron chi connectivity index (χ1n) is 15.3. The smallest absolute Gasteiger partial charge is 0.303 e. The second kappa shape index (κ2) is 21.5. The Balaban J connectivity index is 2.55. The number of carbonyl (C=O) groups is 2. The third-order valence-corrected chi connectivity index (χ3v) is 8.05. The average molecular weight is 505 g/mol. The second-order valence-electron chi connectivity index (χ2n) is 11.0. The van der Waals surface area contributed by atoms with E-state index in [1.54, 1.807) is 0 Å². The van der Waals surface area contributed by atoms with Gasteiger partial charge in [-0.2, -0.15) is 0 Å². The van der Waals surface area contributed by atoms with E-state index in [4.69, 9.17) is 10.2 Å². The van der Waals surface area contributed by atoms with E-state index >= 15 is 0 Å². The van der Waals surface area contributed by atoms with Crippen LogP contribution in [0.15, 0.2) is 24.3 Å². The minimum Gasteiger partial charge on any atom is -0.481 e. The minimum absolute atomic E-state index is 0.302. The molecule has 0 heterocycles. The van der Waals surface area contributed by atoms with Crippen molar-refractivity contribution in [2.45, 2.75) is 142 Å². The van der Waals surface area contributed by atoms with Gasteiger partial charge in [0, 0.05) is 12.8 Å². The van der Waals surface area contributed by atoms with E-state index in [1.807, 2.05) is 0 Å². The van der Waals surface area contributed by atoms with Gasteiger partial charge in [0.1, 0.15) is 0 Å². The van der Waals surface area contributed by atoms with E-state index < -0.39 is 11.9 Å². The van der Waals surface area contributed by atoms with Gasteiger partial charge in [-0.3, -0.25) is 9.59 Å². The highest BCUT2D eigenvalue weighted by Crippen LogP contribution is 2.42. The van der Waals surface area contributed by atoms with Gasteiger partial charge in [0.25, 0.3) is 0 Å². The summed E-state index contributed by atoms with van der Waals surface area (Å²) in [7, 11) is 0. The molecule has 0 aromatic heterocycles. The molecule has 0 aromatic rings. The van der Waals surface area contributed by atoms with Crippen LogP contribution in [0.1, 0.15) is 142 Å². The van der Waals surface area contributed by atoms with Gasteiger partial charge in [-0.25, -0.2) is 0 Å². The van der Waals surface area contributed by atoms with Crippen LogP contribution in [0, 0.1) is 23.7 Å². The second-order valence-corrected chi connectivity index (χ2v) is 11.0. The molecule has 1 aliphatic carbocycles. The summed E-state index contributed by atoms with van der Waals surface area (Å²) >= 11 is 0. The number of aliphatic carboxylic acids is 2. The highest BCUT2D eigenvalue weighted by atomic mass is 16.4. The van der Waals surface area contributed by atoms with Crippen molar-refractivity contribution in [3.8, 4) is 0 Å². The lowest BCUT2D eigenvalue weighted by molar-refractivity contribution is -0.138. The maximum Gasteiger partial charge on any atom is 0.303 e. The van der Waals surface area contributed by atoms with Crippen molar-refractivity contribution < 1.29 is 19.8 Å². The van der Waals surface area contributed by atoms with Gasteiger partial charge < -0.3 is 10.2 Å². The summed E-state index contributed by atoms with van der Waals surface area (Å²) in [5.74, 6) is 1.37. The molecule has 0 fully saturated rings. The maximum absolute atomic E-state index is 10.7. The zero-order valence-corrected chi connectivity index (χ0v) is 23.5. The first-order chi connectivity index (χ1) is 17.5. The topological polar surface area (TPSA) is 74.6 Å². The molecule has 0 amide bonds. The van der Waals surface area contributed by atoms with Crippen molar-refractivity contribution in [2.75, 3.05) is 0 Å². The van der Waals surface area contributed by atoms with Crippen LogP contribution in [0.4, 0.5) is 0 Å². The average Bonchev–Trinajstić information content (AvgIpc) is 2.85. The SMILES string of the molecule is CCCCCCC1C=CC(CCCCCCCC(=O)O)C(C=CCCCCCCCC(=O)O)C1CC. The number of hydrogen-bond acceptors (Lipinski definition) is 2. The van der Waals surface area contributed by atoms with Crippen LogP contribution in [0.3, 0.4) is 0 Å². The highest BCUT2D eigenvalue weighted by Gasteiger charge is 2.32. The predicted octanol–water partition coefficient (Wildman–Crippen LogP) is 9.59. The summed E-state index contributed by atoms with van der Waals surface area (Å²) in [6, 6.07) is 0. The Bertz CT molecular complexity index is 624. The van der Waals surface area contributed by atoms with Gasteiger partial charge in [0.15, 0.2) is 0 Å². The highest BCUT2D eigenvalue weighted by molar-refractivity contribution is 5.66. The number of rotatable bonds is 23. The minimum atomic E-state index is -0.679. The molecule has 208 valence electrons. The Labute approximate surface area is 222 Å². The van der Waals surface area contributed by atoms with Crippen LogP contribution in [-0.2, 0) is 9.59 Å². The molecule has 4 atom stereocenters. The fourth-order valence-electron chi connectivity index (χ4n) is 5.93. The van der Waals surface area contributed by atoms with Crippen molar-refractivity contribution in [3.05, 3.63) is 24.3 Å². The van der Waals surface area contributed by atoms with Crippen molar-refractivity contribution >= 4 is 11.9 Å².